The molecule has 0 unspecified atom stereocenters. The molecule has 0 saturated carbocycles. The molecule has 22 heavy (non-hydrogen) atoms. The van der Waals surface area contributed by atoms with Crippen molar-refractivity contribution in [2.45, 2.75) is 19.9 Å². The van der Waals surface area contributed by atoms with Gasteiger partial charge < -0.3 is 10.4 Å². The van der Waals surface area contributed by atoms with Gasteiger partial charge in [-0.3, -0.25) is 0 Å². The number of rotatable bonds is 5. The molecule has 2 heterocycles. The molecule has 1 aromatic carbocycles. The maximum absolute atomic E-state index is 11.4. The van der Waals surface area contributed by atoms with E-state index in [9.17, 15) is 9.90 Å². The summed E-state index contributed by atoms with van der Waals surface area (Å²) >= 11 is 0. The molecule has 0 saturated heterocycles. The first-order valence-corrected chi connectivity index (χ1v) is 7.07. The summed E-state index contributed by atoms with van der Waals surface area (Å²) in [6.45, 7) is 2.54. The van der Waals surface area contributed by atoms with Gasteiger partial charge >= 0.3 is 5.97 Å². The lowest BCUT2D eigenvalue weighted by Gasteiger charge is -2.08. The predicted molar refractivity (Wildman–Crippen MR) is 83.1 cm³/mol. The van der Waals surface area contributed by atoms with Gasteiger partial charge in [0.05, 0.1) is 5.56 Å². The van der Waals surface area contributed by atoms with Crippen molar-refractivity contribution in [2.24, 2.45) is 0 Å². The summed E-state index contributed by atoms with van der Waals surface area (Å²) in [5, 5.41) is 16.7. The third-order valence-electron chi connectivity index (χ3n) is 3.57. The predicted octanol–water partition coefficient (Wildman–Crippen LogP) is 2.60. The third kappa shape index (κ3) is 2.50. The second kappa shape index (κ2) is 5.85. The van der Waals surface area contributed by atoms with E-state index in [4.69, 9.17) is 0 Å². The Hall–Kier alpha value is -2.89. The van der Waals surface area contributed by atoms with Crippen LogP contribution < -0.4 is 5.32 Å². The van der Waals surface area contributed by atoms with Gasteiger partial charge in [0, 0.05) is 12.7 Å². The molecule has 0 radical (unpaired) electrons. The van der Waals surface area contributed by atoms with Crippen LogP contribution in [0.2, 0.25) is 0 Å². The van der Waals surface area contributed by atoms with Gasteiger partial charge in [-0.25, -0.2) is 14.3 Å². The number of carbonyl (C=O) groups is 1. The van der Waals surface area contributed by atoms with Gasteiger partial charge in [-0.2, -0.15) is 5.10 Å². The first kappa shape index (κ1) is 14.1. The zero-order chi connectivity index (χ0) is 15.5. The fraction of sp³-hybridized carbons (Fsp3) is 0.188. The minimum Gasteiger partial charge on any atom is -0.478 e. The number of anilines is 1. The summed E-state index contributed by atoms with van der Waals surface area (Å²) in [6, 6.07) is 9.96. The van der Waals surface area contributed by atoms with E-state index in [1.165, 1.54) is 12.5 Å². The van der Waals surface area contributed by atoms with Crippen molar-refractivity contribution in [3.8, 4) is 0 Å². The molecule has 0 aliphatic rings. The van der Waals surface area contributed by atoms with Crippen LogP contribution in [-0.4, -0.2) is 25.7 Å². The number of nitrogens with one attached hydrogen (secondary N) is 1. The van der Waals surface area contributed by atoms with Crippen molar-refractivity contribution in [3.05, 3.63) is 59.5 Å². The van der Waals surface area contributed by atoms with Crippen molar-refractivity contribution in [1.82, 2.24) is 14.6 Å². The SMILES string of the molecule is CCc1c(C(=O)O)cn2ncnc(NCc3ccccc3)c12. The normalized spacial score (nSPS) is 10.8. The Kier molecular flexibility index (Phi) is 3.74. The van der Waals surface area contributed by atoms with Gasteiger partial charge in [0.1, 0.15) is 11.8 Å². The van der Waals surface area contributed by atoms with Crippen LogP contribution >= 0.6 is 0 Å². The number of hydrogen-bond acceptors (Lipinski definition) is 4. The van der Waals surface area contributed by atoms with Crippen LogP contribution in [0.3, 0.4) is 0 Å². The molecule has 6 heteroatoms. The van der Waals surface area contributed by atoms with E-state index in [1.807, 2.05) is 37.3 Å². The van der Waals surface area contributed by atoms with Gasteiger partial charge in [0.15, 0.2) is 5.82 Å². The van der Waals surface area contributed by atoms with Crippen molar-refractivity contribution in [2.75, 3.05) is 5.32 Å². The summed E-state index contributed by atoms with van der Waals surface area (Å²) in [4.78, 5) is 15.6. The van der Waals surface area contributed by atoms with Gasteiger partial charge in [-0.05, 0) is 17.5 Å². The standard InChI is InChI=1S/C16H16N4O2/c1-2-12-13(16(21)22)9-20-14(12)15(18-10-19-20)17-8-11-6-4-3-5-7-11/h3-7,9-10H,2,8H2,1H3,(H,21,22)(H,17,18,19). The smallest absolute Gasteiger partial charge is 0.337 e. The van der Waals surface area contributed by atoms with Crippen LogP contribution in [0.25, 0.3) is 5.52 Å². The Labute approximate surface area is 127 Å². The summed E-state index contributed by atoms with van der Waals surface area (Å²) < 4.78 is 1.57. The van der Waals surface area contributed by atoms with E-state index >= 15 is 0 Å². The van der Waals surface area contributed by atoms with Gasteiger partial charge in [0.25, 0.3) is 0 Å². The summed E-state index contributed by atoms with van der Waals surface area (Å²) in [5.74, 6) is -0.306. The highest BCUT2D eigenvalue weighted by atomic mass is 16.4. The van der Waals surface area contributed by atoms with Crippen LogP contribution in [0.1, 0.15) is 28.4 Å². The Morgan fingerprint density at radius 3 is 2.77 bits per heavy atom. The van der Waals surface area contributed by atoms with Crippen molar-refractivity contribution < 1.29 is 9.90 Å². The Morgan fingerprint density at radius 2 is 2.09 bits per heavy atom. The van der Waals surface area contributed by atoms with E-state index in [0.29, 0.717) is 18.8 Å². The topological polar surface area (TPSA) is 79.5 Å². The van der Waals surface area contributed by atoms with E-state index in [2.05, 4.69) is 15.4 Å². The fourth-order valence-corrected chi connectivity index (χ4v) is 2.53. The molecule has 2 aromatic heterocycles. The molecule has 0 bridgehead atoms. The maximum Gasteiger partial charge on any atom is 0.337 e. The molecule has 6 nitrogen and oxygen atoms in total. The number of aryl methyl sites for hydroxylation is 1. The van der Waals surface area contributed by atoms with E-state index in [1.54, 1.807) is 4.52 Å². The van der Waals surface area contributed by atoms with Crippen molar-refractivity contribution >= 4 is 17.3 Å². The van der Waals surface area contributed by atoms with Crippen LogP contribution in [0.4, 0.5) is 5.82 Å². The van der Waals surface area contributed by atoms with Crippen LogP contribution in [0, 0.1) is 0 Å². The number of hydrogen-bond donors (Lipinski definition) is 2. The lowest BCUT2D eigenvalue weighted by atomic mass is 10.1. The molecular weight excluding hydrogens is 280 g/mol. The lowest BCUT2D eigenvalue weighted by molar-refractivity contribution is 0.0696. The highest BCUT2D eigenvalue weighted by Crippen LogP contribution is 2.24. The Bertz CT molecular complexity index is 812. The molecule has 0 atom stereocenters. The molecule has 0 aliphatic carbocycles. The third-order valence-corrected chi connectivity index (χ3v) is 3.57. The molecule has 0 spiro atoms. The van der Waals surface area contributed by atoms with Gasteiger partial charge in [-0.15, -0.1) is 0 Å². The minimum absolute atomic E-state index is 0.269. The van der Waals surface area contributed by atoms with Crippen molar-refractivity contribution in [3.63, 3.8) is 0 Å². The second-order valence-corrected chi connectivity index (χ2v) is 4.92. The average molecular weight is 296 g/mol. The van der Waals surface area contributed by atoms with Crippen molar-refractivity contribution in [1.29, 1.82) is 0 Å². The number of benzene rings is 1. The monoisotopic (exact) mass is 296 g/mol. The Balaban J connectivity index is 2.00. The average Bonchev–Trinajstić information content (AvgIpc) is 2.93. The van der Waals surface area contributed by atoms with E-state index < -0.39 is 5.97 Å². The minimum atomic E-state index is -0.948. The summed E-state index contributed by atoms with van der Waals surface area (Å²) in [6.07, 6.45) is 3.56. The number of carboxylic acid groups (broad SMARTS) is 1. The molecule has 0 fully saturated rings. The van der Waals surface area contributed by atoms with Crippen LogP contribution in [-0.2, 0) is 13.0 Å². The zero-order valence-corrected chi connectivity index (χ0v) is 12.2. The number of fused-ring (bicyclic) bond motifs is 1. The van der Waals surface area contributed by atoms with Gasteiger partial charge in [-0.1, -0.05) is 37.3 Å². The van der Waals surface area contributed by atoms with Crippen LogP contribution in [0.15, 0.2) is 42.9 Å². The highest BCUT2D eigenvalue weighted by molar-refractivity contribution is 5.94. The zero-order valence-electron chi connectivity index (χ0n) is 12.2. The number of aromatic nitrogens is 3. The summed E-state index contributed by atoms with van der Waals surface area (Å²) in [5.41, 5.74) is 2.86. The fourth-order valence-electron chi connectivity index (χ4n) is 2.53. The van der Waals surface area contributed by atoms with Gasteiger partial charge in [0.2, 0.25) is 0 Å². The number of nitrogens with zero attached hydrogens (tertiary/aromatic N) is 3. The number of aromatic carboxylic acids is 1. The lowest BCUT2D eigenvalue weighted by Crippen LogP contribution is -2.05. The molecule has 0 aliphatic heterocycles. The molecule has 3 rings (SSSR count). The quantitative estimate of drug-likeness (QED) is 0.756. The number of carboxylic acids is 1. The molecule has 3 aromatic rings. The van der Waals surface area contributed by atoms with Crippen LogP contribution in [0.5, 0.6) is 0 Å². The molecule has 112 valence electrons. The Morgan fingerprint density at radius 1 is 1.32 bits per heavy atom. The van der Waals surface area contributed by atoms with E-state index in [-0.39, 0.29) is 5.56 Å². The van der Waals surface area contributed by atoms with E-state index in [0.717, 1.165) is 16.6 Å². The summed E-state index contributed by atoms with van der Waals surface area (Å²) in [7, 11) is 0. The maximum atomic E-state index is 11.4. The largest absolute Gasteiger partial charge is 0.478 e. The molecular formula is C16H16N4O2. The first-order valence-electron chi connectivity index (χ1n) is 7.07. The second-order valence-electron chi connectivity index (χ2n) is 4.92. The first-order chi connectivity index (χ1) is 10.7. The highest BCUT2D eigenvalue weighted by Gasteiger charge is 2.18. The molecule has 2 N–H and O–H groups in total. The molecule has 0 amide bonds.